The molecule has 1 aliphatic heterocycles. The Balaban J connectivity index is 1.76. The number of rotatable bonds is 5. The average Bonchev–Trinajstić information content (AvgIpc) is 2.48. The normalized spacial score (nSPS) is 17.0. The van der Waals surface area contributed by atoms with E-state index in [0.717, 1.165) is 6.42 Å². The van der Waals surface area contributed by atoms with Gasteiger partial charge in [-0.25, -0.2) is 0 Å². The molecular weight excluding hydrogens is 252 g/mol. The lowest BCUT2D eigenvalue weighted by atomic mass is 10.0. The zero-order chi connectivity index (χ0) is 14.4. The quantitative estimate of drug-likeness (QED) is 0.883. The minimum absolute atomic E-state index is 0.171. The van der Waals surface area contributed by atoms with Crippen LogP contribution in [0.2, 0.25) is 0 Å². The molecule has 0 bridgehead atoms. The standard InChI is InChI=1S/C16H24N2O2/c1-13-5-3-4-6-15(13)11-14(2)17-12-16(19)18-7-9-20-10-8-18/h3-6,14,17H,7-12H2,1-2H3. The van der Waals surface area contributed by atoms with Crippen molar-refractivity contribution in [2.24, 2.45) is 0 Å². The molecule has 1 aromatic rings. The van der Waals surface area contributed by atoms with Gasteiger partial charge in [-0.05, 0) is 31.4 Å². The van der Waals surface area contributed by atoms with Crippen molar-refractivity contribution in [3.8, 4) is 0 Å². The van der Waals surface area contributed by atoms with Crippen LogP contribution in [0, 0.1) is 6.92 Å². The number of benzene rings is 1. The number of hydrogen-bond acceptors (Lipinski definition) is 3. The molecule has 2 rings (SSSR count). The average molecular weight is 276 g/mol. The van der Waals surface area contributed by atoms with Gasteiger partial charge in [-0.1, -0.05) is 24.3 Å². The third kappa shape index (κ3) is 4.32. The summed E-state index contributed by atoms with van der Waals surface area (Å²) in [7, 11) is 0. The SMILES string of the molecule is Cc1ccccc1CC(C)NCC(=O)N1CCOCC1. The maximum atomic E-state index is 12.0. The van der Waals surface area contributed by atoms with Crippen LogP contribution >= 0.6 is 0 Å². The molecule has 1 heterocycles. The Hall–Kier alpha value is -1.39. The van der Waals surface area contributed by atoms with E-state index in [0.29, 0.717) is 38.9 Å². The third-order valence-corrected chi connectivity index (χ3v) is 3.75. The number of morpholine rings is 1. The zero-order valence-corrected chi connectivity index (χ0v) is 12.4. The van der Waals surface area contributed by atoms with Gasteiger partial charge in [0.05, 0.1) is 19.8 Å². The van der Waals surface area contributed by atoms with Crippen molar-refractivity contribution in [3.05, 3.63) is 35.4 Å². The molecule has 1 aromatic carbocycles. The second kappa shape index (κ2) is 7.41. The Morgan fingerprint density at radius 1 is 1.35 bits per heavy atom. The van der Waals surface area contributed by atoms with E-state index in [1.165, 1.54) is 11.1 Å². The van der Waals surface area contributed by atoms with Crippen LogP contribution in [0.4, 0.5) is 0 Å². The Labute approximate surface area is 121 Å². The first-order chi connectivity index (χ1) is 9.66. The number of nitrogens with zero attached hydrogens (tertiary/aromatic N) is 1. The van der Waals surface area contributed by atoms with Crippen molar-refractivity contribution < 1.29 is 9.53 Å². The van der Waals surface area contributed by atoms with Crippen LogP contribution < -0.4 is 5.32 Å². The van der Waals surface area contributed by atoms with E-state index >= 15 is 0 Å². The summed E-state index contributed by atoms with van der Waals surface area (Å²) in [6.45, 7) is 7.40. The molecule has 1 atom stereocenters. The van der Waals surface area contributed by atoms with E-state index < -0.39 is 0 Å². The fourth-order valence-corrected chi connectivity index (χ4v) is 2.43. The van der Waals surface area contributed by atoms with E-state index in [1.54, 1.807) is 0 Å². The molecule has 1 unspecified atom stereocenters. The van der Waals surface area contributed by atoms with Gasteiger partial charge in [0, 0.05) is 19.1 Å². The predicted molar refractivity (Wildman–Crippen MR) is 79.7 cm³/mol. The van der Waals surface area contributed by atoms with Crippen LogP contribution in [-0.2, 0) is 16.0 Å². The summed E-state index contributed by atoms with van der Waals surface area (Å²) in [6, 6.07) is 8.69. The first kappa shape index (κ1) is 15.0. The van der Waals surface area contributed by atoms with Gasteiger partial charge >= 0.3 is 0 Å². The first-order valence-corrected chi connectivity index (χ1v) is 7.30. The first-order valence-electron chi connectivity index (χ1n) is 7.30. The van der Waals surface area contributed by atoms with Crippen LogP contribution in [0.15, 0.2) is 24.3 Å². The van der Waals surface area contributed by atoms with Gasteiger partial charge in [0.25, 0.3) is 0 Å². The third-order valence-electron chi connectivity index (χ3n) is 3.75. The van der Waals surface area contributed by atoms with Crippen molar-refractivity contribution in [3.63, 3.8) is 0 Å². The number of nitrogens with one attached hydrogen (secondary N) is 1. The number of hydrogen-bond donors (Lipinski definition) is 1. The number of ether oxygens (including phenoxy) is 1. The summed E-state index contributed by atoms with van der Waals surface area (Å²) in [6.07, 6.45) is 0.947. The number of amides is 1. The maximum absolute atomic E-state index is 12.0. The Kier molecular flexibility index (Phi) is 5.56. The number of aryl methyl sites for hydroxylation is 1. The molecule has 4 nitrogen and oxygen atoms in total. The highest BCUT2D eigenvalue weighted by molar-refractivity contribution is 5.78. The van der Waals surface area contributed by atoms with Gasteiger partial charge in [0.15, 0.2) is 0 Å². The van der Waals surface area contributed by atoms with Gasteiger partial charge in [0.2, 0.25) is 5.91 Å². The van der Waals surface area contributed by atoms with Crippen LogP contribution in [0.25, 0.3) is 0 Å². The molecule has 20 heavy (non-hydrogen) atoms. The molecule has 1 amide bonds. The van der Waals surface area contributed by atoms with Crippen LogP contribution in [-0.4, -0.2) is 49.7 Å². The molecule has 1 aliphatic rings. The molecule has 0 aromatic heterocycles. The summed E-state index contributed by atoms with van der Waals surface area (Å²) in [4.78, 5) is 13.9. The van der Waals surface area contributed by atoms with Crippen molar-refractivity contribution in [2.45, 2.75) is 26.3 Å². The molecule has 0 saturated carbocycles. The van der Waals surface area contributed by atoms with E-state index in [-0.39, 0.29) is 5.91 Å². The van der Waals surface area contributed by atoms with Gasteiger partial charge < -0.3 is 15.0 Å². The monoisotopic (exact) mass is 276 g/mol. The minimum atomic E-state index is 0.171. The second-order valence-electron chi connectivity index (χ2n) is 5.41. The second-order valence-corrected chi connectivity index (χ2v) is 5.41. The summed E-state index contributed by atoms with van der Waals surface area (Å²) < 4.78 is 5.25. The van der Waals surface area contributed by atoms with Crippen LogP contribution in [0.5, 0.6) is 0 Å². The van der Waals surface area contributed by atoms with E-state index in [4.69, 9.17) is 4.74 Å². The fraction of sp³-hybridized carbons (Fsp3) is 0.562. The topological polar surface area (TPSA) is 41.6 Å². The highest BCUT2D eigenvalue weighted by Gasteiger charge is 2.17. The van der Waals surface area contributed by atoms with Crippen molar-refractivity contribution in [2.75, 3.05) is 32.8 Å². The molecule has 0 aliphatic carbocycles. The van der Waals surface area contributed by atoms with Gasteiger partial charge in [-0.15, -0.1) is 0 Å². The molecule has 1 fully saturated rings. The predicted octanol–water partition coefficient (Wildman–Crippen LogP) is 1.37. The van der Waals surface area contributed by atoms with Crippen molar-refractivity contribution in [1.29, 1.82) is 0 Å². The van der Waals surface area contributed by atoms with Gasteiger partial charge in [-0.3, -0.25) is 4.79 Å². The fourth-order valence-electron chi connectivity index (χ4n) is 2.43. The Morgan fingerprint density at radius 3 is 2.75 bits per heavy atom. The number of carbonyl (C=O) groups excluding carboxylic acids is 1. The van der Waals surface area contributed by atoms with Gasteiger partial charge in [-0.2, -0.15) is 0 Å². The lowest BCUT2D eigenvalue weighted by Gasteiger charge is -2.27. The molecule has 110 valence electrons. The minimum Gasteiger partial charge on any atom is -0.378 e. The molecule has 4 heteroatoms. The summed E-state index contributed by atoms with van der Waals surface area (Å²) >= 11 is 0. The lowest BCUT2D eigenvalue weighted by Crippen LogP contribution is -2.46. The Bertz CT molecular complexity index is 442. The number of carbonyl (C=O) groups is 1. The van der Waals surface area contributed by atoms with E-state index in [2.05, 4.69) is 43.4 Å². The Morgan fingerprint density at radius 2 is 2.05 bits per heavy atom. The van der Waals surface area contributed by atoms with Gasteiger partial charge in [0.1, 0.15) is 0 Å². The molecule has 0 radical (unpaired) electrons. The molecule has 1 N–H and O–H groups in total. The highest BCUT2D eigenvalue weighted by atomic mass is 16.5. The van der Waals surface area contributed by atoms with E-state index in [9.17, 15) is 4.79 Å². The van der Waals surface area contributed by atoms with Crippen LogP contribution in [0.1, 0.15) is 18.1 Å². The summed E-state index contributed by atoms with van der Waals surface area (Å²) in [5, 5.41) is 3.32. The van der Waals surface area contributed by atoms with Crippen molar-refractivity contribution >= 4 is 5.91 Å². The molecular formula is C16H24N2O2. The largest absolute Gasteiger partial charge is 0.378 e. The summed E-state index contributed by atoms with van der Waals surface area (Å²) in [5.74, 6) is 0.171. The zero-order valence-electron chi connectivity index (χ0n) is 12.4. The van der Waals surface area contributed by atoms with E-state index in [1.807, 2.05) is 4.90 Å². The van der Waals surface area contributed by atoms with Crippen LogP contribution in [0.3, 0.4) is 0 Å². The van der Waals surface area contributed by atoms with Crippen molar-refractivity contribution in [1.82, 2.24) is 10.2 Å². The lowest BCUT2D eigenvalue weighted by molar-refractivity contribution is -0.134. The highest BCUT2D eigenvalue weighted by Crippen LogP contribution is 2.09. The molecule has 0 spiro atoms. The maximum Gasteiger partial charge on any atom is 0.236 e. The summed E-state index contributed by atoms with van der Waals surface area (Å²) in [5.41, 5.74) is 2.65. The smallest absolute Gasteiger partial charge is 0.236 e. The molecule has 1 saturated heterocycles.